The van der Waals surface area contributed by atoms with E-state index < -0.39 is 0 Å². The Morgan fingerprint density at radius 3 is 2.70 bits per heavy atom. The van der Waals surface area contributed by atoms with E-state index in [0.29, 0.717) is 11.2 Å². The van der Waals surface area contributed by atoms with Crippen LogP contribution in [-0.4, -0.2) is 66.8 Å². The zero-order chi connectivity index (χ0) is 18.8. The van der Waals surface area contributed by atoms with Gasteiger partial charge in [-0.1, -0.05) is 6.92 Å². The highest BCUT2D eigenvalue weighted by atomic mass is 35.5. The highest BCUT2D eigenvalue weighted by Gasteiger charge is 2.25. The summed E-state index contributed by atoms with van der Waals surface area (Å²) in [5, 5.41) is 0.310. The van der Waals surface area contributed by atoms with Crippen LogP contribution in [0.2, 0.25) is 5.28 Å². The molecule has 2 fully saturated rings. The first-order chi connectivity index (χ1) is 13.1. The minimum absolute atomic E-state index is 0.201. The molecule has 1 atom stereocenters. The number of rotatable bonds is 5. The van der Waals surface area contributed by atoms with E-state index in [4.69, 9.17) is 22.1 Å². The monoisotopic (exact) mass is 409 g/mol. The van der Waals surface area contributed by atoms with Gasteiger partial charge in [-0.05, 0) is 62.5 Å². The van der Waals surface area contributed by atoms with Crippen molar-refractivity contribution in [2.75, 3.05) is 50.8 Å². The Balaban J connectivity index is 1.51. The molecule has 2 aromatic heterocycles. The predicted octanol–water partition coefficient (Wildman–Crippen LogP) is 2.78. The Morgan fingerprint density at radius 2 is 2.00 bits per heavy atom. The molecule has 0 aromatic carbocycles. The quantitative estimate of drug-likeness (QED) is 0.766. The summed E-state index contributed by atoms with van der Waals surface area (Å²) in [5.74, 6) is 1.54. The van der Waals surface area contributed by atoms with E-state index in [2.05, 4.69) is 32.8 Å². The third kappa shape index (κ3) is 4.38. The summed E-state index contributed by atoms with van der Waals surface area (Å²) in [4.78, 5) is 15.0. The van der Waals surface area contributed by atoms with Crippen LogP contribution in [0.15, 0.2) is 6.07 Å². The lowest BCUT2D eigenvalue weighted by Gasteiger charge is -2.34. The maximum atomic E-state index is 6.60. The lowest BCUT2D eigenvalue weighted by Crippen LogP contribution is -2.41. The van der Waals surface area contributed by atoms with Crippen molar-refractivity contribution in [2.45, 2.75) is 32.2 Å². The van der Waals surface area contributed by atoms with Crippen molar-refractivity contribution in [3.05, 3.63) is 16.2 Å². The van der Waals surface area contributed by atoms with Gasteiger partial charge in [0.1, 0.15) is 0 Å². The van der Waals surface area contributed by atoms with Crippen LogP contribution < -0.4 is 10.6 Å². The molecular formula is C19H28ClN5OS. The van der Waals surface area contributed by atoms with Gasteiger partial charge in [0.25, 0.3) is 0 Å². The molecule has 0 amide bonds. The minimum Gasteiger partial charge on any atom is -0.378 e. The number of aromatic nitrogens is 2. The zero-order valence-corrected chi connectivity index (χ0v) is 17.4. The van der Waals surface area contributed by atoms with Gasteiger partial charge >= 0.3 is 0 Å². The topological polar surface area (TPSA) is 67.5 Å². The minimum atomic E-state index is 0.201. The van der Waals surface area contributed by atoms with Crippen molar-refractivity contribution in [2.24, 2.45) is 11.7 Å². The molecular weight excluding hydrogens is 382 g/mol. The number of nitrogens with two attached hydrogens (primary N) is 1. The smallest absolute Gasteiger partial charge is 0.224 e. The van der Waals surface area contributed by atoms with Gasteiger partial charge in [0.15, 0.2) is 5.82 Å². The Hall–Kier alpha value is -0.990. The van der Waals surface area contributed by atoms with E-state index in [1.807, 2.05) is 0 Å². The second kappa shape index (κ2) is 8.57. The summed E-state index contributed by atoms with van der Waals surface area (Å²) in [7, 11) is 0. The number of nitrogens with zero attached hydrogens (tertiary/aromatic N) is 4. The van der Waals surface area contributed by atoms with Crippen LogP contribution in [0.5, 0.6) is 0 Å². The van der Waals surface area contributed by atoms with Gasteiger partial charge in [0, 0.05) is 24.0 Å². The Morgan fingerprint density at radius 1 is 1.26 bits per heavy atom. The zero-order valence-electron chi connectivity index (χ0n) is 15.9. The molecule has 6 nitrogen and oxygen atoms in total. The van der Waals surface area contributed by atoms with Gasteiger partial charge in [0.2, 0.25) is 5.28 Å². The molecule has 0 aliphatic carbocycles. The molecule has 2 N–H and O–H groups in total. The summed E-state index contributed by atoms with van der Waals surface area (Å²) in [6.07, 6.45) is 3.30. The second-order valence-electron chi connectivity index (χ2n) is 7.48. The van der Waals surface area contributed by atoms with E-state index in [9.17, 15) is 0 Å². The number of likely N-dealkylation sites (tertiary alicyclic amines) is 1. The summed E-state index contributed by atoms with van der Waals surface area (Å²) >= 11 is 7.97. The summed E-state index contributed by atoms with van der Waals surface area (Å²) in [5.41, 5.74) is 7.53. The highest BCUT2D eigenvalue weighted by Crippen LogP contribution is 2.34. The molecule has 2 saturated heterocycles. The lowest BCUT2D eigenvalue weighted by atomic mass is 9.88. The Labute approximate surface area is 169 Å². The fourth-order valence-electron chi connectivity index (χ4n) is 4.12. The molecule has 0 spiro atoms. The molecule has 8 heteroatoms. The van der Waals surface area contributed by atoms with Crippen LogP contribution in [-0.2, 0) is 11.2 Å². The first-order valence-electron chi connectivity index (χ1n) is 9.90. The molecule has 4 heterocycles. The molecule has 2 aromatic rings. The second-order valence-corrected chi connectivity index (χ2v) is 8.96. The van der Waals surface area contributed by atoms with Gasteiger partial charge in [-0.3, -0.25) is 0 Å². The standard InChI is InChI=1S/C19H28ClN5OS/c1-2-24-5-3-13(4-6-24)15(21)11-14-12-16-17(27-14)18(23-19(20)22-16)25-7-9-26-10-8-25/h12-13,15H,2-11,21H2,1H3. The first-order valence-corrected chi connectivity index (χ1v) is 11.1. The van der Waals surface area contributed by atoms with Gasteiger partial charge < -0.3 is 20.3 Å². The van der Waals surface area contributed by atoms with Gasteiger partial charge in [-0.25, -0.2) is 4.98 Å². The normalized spacial score (nSPS) is 21.1. The van der Waals surface area contributed by atoms with Gasteiger partial charge in [-0.2, -0.15) is 4.98 Å². The molecule has 4 rings (SSSR count). The van der Waals surface area contributed by atoms with E-state index in [0.717, 1.165) is 55.3 Å². The number of ether oxygens (including phenoxy) is 1. The average Bonchev–Trinajstić information content (AvgIpc) is 3.10. The van der Waals surface area contributed by atoms with Crippen LogP contribution in [0.4, 0.5) is 5.82 Å². The first kappa shape index (κ1) is 19.3. The third-order valence-electron chi connectivity index (χ3n) is 5.81. The molecule has 2 aliphatic rings. The number of morpholine rings is 1. The molecule has 2 aliphatic heterocycles. The lowest BCUT2D eigenvalue weighted by molar-refractivity contribution is 0.122. The molecule has 0 radical (unpaired) electrons. The molecule has 1 unspecified atom stereocenters. The SMILES string of the molecule is CCN1CCC(C(N)Cc2cc3nc(Cl)nc(N4CCOCC4)c3s2)CC1. The number of hydrogen-bond donors (Lipinski definition) is 1. The number of thiophene rings is 1. The average molecular weight is 410 g/mol. The van der Waals surface area contributed by atoms with Crippen molar-refractivity contribution in [1.29, 1.82) is 0 Å². The fraction of sp³-hybridized carbons (Fsp3) is 0.684. The van der Waals surface area contributed by atoms with Crippen LogP contribution >= 0.6 is 22.9 Å². The van der Waals surface area contributed by atoms with E-state index in [1.54, 1.807) is 11.3 Å². The van der Waals surface area contributed by atoms with Crippen molar-refractivity contribution in [3.63, 3.8) is 0 Å². The van der Waals surface area contributed by atoms with Gasteiger partial charge in [-0.15, -0.1) is 11.3 Å². The number of fused-ring (bicyclic) bond motifs is 1. The number of anilines is 1. The molecule has 148 valence electrons. The van der Waals surface area contributed by atoms with Crippen LogP contribution in [0.1, 0.15) is 24.6 Å². The predicted molar refractivity (Wildman–Crippen MR) is 112 cm³/mol. The maximum absolute atomic E-state index is 6.60. The highest BCUT2D eigenvalue weighted by molar-refractivity contribution is 7.19. The Bertz CT molecular complexity index is 771. The number of piperidine rings is 1. The Kier molecular flexibility index (Phi) is 6.14. The van der Waals surface area contributed by atoms with Crippen LogP contribution in [0.25, 0.3) is 10.2 Å². The van der Waals surface area contributed by atoms with Gasteiger partial charge in [0.05, 0.1) is 23.4 Å². The van der Waals surface area contributed by atoms with E-state index >= 15 is 0 Å². The molecule has 27 heavy (non-hydrogen) atoms. The maximum Gasteiger partial charge on any atom is 0.224 e. The van der Waals surface area contributed by atoms with Crippen molar-refractivity contribution in [1.82, 2.24) is 14.9 Å². The summed E-state index contributed by atoms with van der Waals surface area (Å²) < 4.78 is 6.58. The summed E-state index contributed by atoms with van der Waals surface area (Å²) in [6.45, 7) is 8.84. The van der Waals surface area contributed by atoms with Crippen molar-refractivity contribution in [3.8, 4) is 0 Å². The van der Waals surface area contributed by atoms with E-state index in [1.165, 1.54) is 30.8 Å². The number of halogens is 1. The largest absolute Gasteiger partial charge is 0.378 e. The molecule has 0 saturated carbocycles. The summed E-state index contributed by atoms with van der Waals surface area (Å²) in [6, 6.07) is 2.35. The molecule has 0 bridgehead atoms. The van der Waals surface area contributed by atoms with Crippen LogP contribution in [0, 0.1) is 5.92 Å². The fourth-order valence-corrected chi connectivity index (χ4v) is 5.48. The van der Waals surface area contributed by atoms with Crippen molar-refractivity contribution >= 4 is 39.0 Å². The van der Waals surface area contributed by atoms with E-state index in [-0.39, 0.29) is 6.04 Å². The number of hydrogen-bond acceptors (Lipinski definition) is 7. The third-order valence-corrected chi connectivity index (χ3v) is 7.12. The van der Waals surface area contributed by atoms with Crippen molar-refractivity contribution < 1.29 is 4.74 Å². The van der Waals surface area contributed by atoms with Crippen LogP contribution in [0.3, 0.4) is 0 Å².